The molecule has 0 aliphatic heterocycles. The molecule has 0 saturated heterocycles. The van der Waals surface area contributed by atoms with E-state index in [-0.39, 0.29) is 35.9 Å². The van der Waals surface area contributed by atoms with Crippen molar-refractivity contribution < 1.29 is 13.2 Å². The second-order valence-electron chi connectivity index (χ2n) is 5.11. The van der Waals surface area contributed by atoms with Gasteiger partial charge in [0.25, 0.3) is 15.9 Å². The molecule has 0 atom stereocenters. The van der Waals surface area contributed by atoms with Gasteiger partial charge < -0.3 is 5.32 Å². The first kappa shape index (κ1) is 21.1. The third kappa shape index (κ3) is 4.51. The number of aromatic nitrogens is 2. The Labute approximate surface area is 183 Å². The number of hydrogen-bond donors (Lipinski definition) is 2. The Kier molecular flexibility index (Phi) is 6.33. The second-order valence-corrected chi connectivity index (χ2v) is 9.18. The molecule has 0 spiro atoms. The lowest BCUT2D eigenvalue weighted by Crippen LogP contribution is -2.15. The minimum atomic E-state index is -3.80. The van der Waals surface area contributed by atoms with Gasteiger partial charge in [-0.3, -0.25) is 9.52 Å². The van der Waals surface area contributed by atoms with Crippen LogP contribution in [0.3, 0.4) is 0 Å². The first-order valence-electron chi connectivity index (χ1n) is 7.23. The largest absolute Gasteiger partial charge is 0.321 e. The molecule has 2 N–H and O–H groups in total. The van der Waals surface area contributed by atoms with E-state index in [2.05, 4.69) is 20.0 Å². The number of sulfonamides is 1. The molecule has 2 heterocycles. The molecular formula is C15H8Cl4N4O3S2. The fourth-order valence-electron chi connectivity index (χ4n) is 1.99. The summed E-state index contributed by atoms with van der Waals surface area (Å²) in [5, 5.41) is 3.93. The van der Waals surface area contributed by atoms with Gasteiger partial charge in [-0.25, -0.2) is 18.4 Å². The summed E-state index contributed by atoms with van der Waals surface area (Å²) in [6.45, 7) is 0. The average Bonchev–Trinajstić information content (AvgIpc) is 3.15. The smallest absolute Gasteiger partial charge is 0.275 e. The second kappa shape index (κ2) is 8.40. The molecule has 0 aliphatic carbocycles. The molecule has 2 aromatic heterocycles. The van der Waals surface area contributed by atoms with Crippen molar-refractivity contribution in [3.8, 4) is 0 Å². The van der Waals surface area contributed by atoms with E-state index in [1.165, 1.54) is 30.5 Å². The average molecular weight is 498 g/mol. The maximum atomic E-state index is 12.4. The quantitative estimate of drug-likeness (QED) is 0.471. The number of benzene rings is 1. The number of amides is 1. The normalized spacial score (nSPS) is 11.3. The summed E-state index contributed by atoms with van der Waals surface area (Å²) in [5.74, 6) is -0.693. The Morgan fingerprint density at radius 3 is 2.29 bits per heavy atom. The highest BCUT2D eigenvalue weighted by Crippen LogP contribution is 2.36. The number of nitrogens with one attached hydrogen (secondary N) is 2. The van der Waals surface area contributed by atoms with Crippen LogP contribution in [0.1, 0.15) is 10.5 Å². The standard InChI is InChI=1S/C15H8Cl4N4O3S2/c16-9-10(17)12(22-13(19)11(9)18)14(24)21-7-1-3-8(4-2-7)28(25,26)23-15-20-5-6-27-15/h1-6H,(H,20,23)(H,21,24). The Morgan fingerprint density at radius 1 is 1.00 bits per heavy atom. The Morgan fingerprint density at radius 2 is 1.68 bits per heavy atom. The summed E-state index contributed by atoms with van der Waals surface area (Å²) in [6.07, 6.45) is 1.48. The number of halogens is 4. The molecule has 0 aliphatic rings. The van der Waals surface area contributed by atoms with Gasteiger partial charge in [-0.15, -0.1) is 11.3 Å². The van der Waals surface area contributed by atoms with E-state index in [9.17, 15) is 13.2 Å². The maximum Gasteiger partial charge on any atom is 0.275 e. The molecular weight excluding hydrogens is 490 g/mol. The Bertz CT molecular complexity index is 1140. The molecule has 146 valence electrons. The van der Waals surface area contributed by atoms with Crippen LogP contribution >= 0.6 is 57.7 Å². The van der Waals surface area contributed by atoms with Gasteiger partial charge in [-0.1, -0.05) is 46.4 Å². The topological polar surface area (TPSA) is 101 Å². The summed E-state index contributed by atoms with van der Waals surface area (Å²) in [6, 6.07) is 5.45. The number of rotatable bonds is 5. The number of thiazole rings is 1. The van der Waals surface area contributed by atoms with Crippen LogP contribution < -0.4 is 10.0 Å². The minimum Gasteiger partial charge on any atom is -0.321 e. The molecule has 0 fully saturated rings. The zero-order valence-electron chi connectivity index (χ0n) is 13.4. The minimum absolute atomic E-state index is 0.00515. The van der Waals surface area contributed by atoms with Gasteiger partial charge in [0.1, 0.15) is 10.8 Å². The lowest BCUT2D eigenvalue weighted by atomic mass is 10.3. The van der Waals surface area contributed by atoms with E-state index in [1.807, 2.05) is 0 Å². The van der Waals surface area contributed by atoms with Crippen LogP contribution in [0.15, 0.2) is 40.7 Å². The van der Waals surface area contributed by atoms with Crippen LogP contribution in [0.2, 0.25) is 20.2 Å². The molecule has 0 saturated carbocycles. The van der Waals surface area contributed by atoms with Crippen LogP contribution in [0.4, 0.5) is 10.8 Å². The van der Waals surface area contributed by atoms with Gasteiger partial charge in [-0.05, 0) is 24.3 Å². The summed E-state index contributed by atoms with van der Waals surface area (Å²) in [5.41, 5.74) is 0.0847. The summed E-state index contributed by atoms with van der Waals surface area (Å²) < 4.78 is 27.0. The van der Waals surface area contributed by atoms with Crippen molar-refractivity contribution >= 4 is 84.5 Å². The predicted molar refractivity (Wildman–Crippen MR) is 112 cm³/mol. The van der Waals surface area contributed by atoms with E-state index < -0.39 is 15.9 Å². The van der Waals surface area contributed by atoms with Gasteiger partial charge in [0.2, 0.25) is 0 Å². The summed E-state index contributed by atoms with van der Waals surface area (Å²) in [4.78, 5) is 20.1. The predicted octanol–water partition coefficient (Wildman–Crippen LogP) is 5.20. The Hall–Kier alpha value is -1.62. The monoisotopic (exact) mass is 496 g/mol. The SMILES string of the molecule is O=C(Nc1ccc(S(=O)(=O)Nc2nccs2)cc1)c1nc(Cl)c(Cl)c(Cl)c1Cl. The van der Waals surface area contributed by atoms with Gasteiger partial charge in [0.05, 0.1) is 20.0 Å². The highest BCUT2D eigenvalue weighted by atomic mass is 35.5. The highest BCUT2D eigenvalue weighted by molar-refractivity contribution is 7.93. The van der Waals surface area contributed by atoms with Gasteiger partial charge in [0, 0.05) is 17.3 Å². The molecule has 3 rings (SSSR count). The third-order valence-corrected chi connectivity index (χ3v) is 7.13. The fourth-order valence-corrected chi connectivity index (χ4v) is 4.60. The number of carbonyl (C=O) groups is 1. The molecule has 7 nitrogen and oxygen atoms in total. The molecule has 28 heavy (non-hydrogen) atoms. The number of nitrogens with zero attached hydrogens (tertiary/aromatic N) is 2. The third-order valence-electron chi connectivity index (χ3n) is 3.28. The Balaban J connectivity index is 1.79. The fraction of sp³-hybridized carbons (Fsp3) is 0. The van der Waals surface area contributed by atoms with Crippen molar-refractivity contribution in [2.75, 3.05) is 10.0 Å². The van der Waals surface area contributed by atoms with Crippen molar-refractivity contribution in [1.82, 2.24) is 9.97 Å². The maximum absolute atomic E-state index is 12.4. The van der Waals surface area contributed by atoms with Crippen molar-refractivity contribution in [1.29, 1.82) is 0 Å². The van der Waals surface area contributed by atoms with Crippen molar-refractivity contribution in [3.05, 3.63) is 61.8 Å². The van der Waals surface area contributed by atoms with Crippen LogP contribution in [0.5, 0.6) is 0 Å². The molecule has 1 aromatic carbocycles. The number of carbonyl (C=O) groups excluding carboxylic acids is 1. The van der Waals surface area contributed by atoms with Crippen molar-refractivity contribution in [3.63, 3.8) is 0 Å². The van der Waals surface area contributed by atoms with E-state index in [4.69, 9.17) is 46.4 Å². The number of hydrogen-bond acceptors (Lipinski definition) is 6. The van der Waals surface area contributed by atoms with Crippen molar-refractivity contribution in [2.45, 2.75) is 4.90 Å². The van der Waals surface area contributed by atoms with Crippen molar-refractivity contribution in [2.24, 2.45) is 0 Å². The molecule has 0 unspecified atom stereocenters. The molecule has 0 bridgehead atoms. The first-order chi connectivity index (χ1) is 13.2. The van der Waals surface area contributed by atoms with E-state index >= 15 is 0 Å². The molecule has 1 amide bonds. The van der Waals surface area contributed by atoms with Crippen LogP contribution in [0, 0.1) is 0 Å². The molecule has 0 radical (unpaired) electrons. The number of anilines is 2. The number of pyridine rings is 1. The molecule has 3 aromatic rings. The highest BCUT2D eigenvalue weighted by Gasteiger charge is 2.21. The summed E-state index contributed by atoms with van der Waals surface area (Å²) in [7, 11) is -3.80. The zero-order valence-corrected chi connectivity index (χ0v) is 18.1. The lowest BCUT2D eigenvalue weighted by Gasteiger charge is -2.10. The van der Waals surface area contributed by atoms with Gasteiger partial charge in [0.15, 0.2) is 5.13 Å². The van der Waals surface area contributed by atoms with Crippen LogP contribution in [0.25, 0.3) is 0 Å². The first-order valence-corrected chi connectivity index (χ1v) is 11.1. The van der Waals surface area contributed by atoms with E-state index in [1.54, 1.807) is 5.38 Å². The van der Waals surface area contributed by atoms with E-state index in [0.29, 0.717) is 5.69 Å². The van der Waals surface area contributed by atoms with Crippen LogP contribution in [-0.4, -0.2) is 24.3 Å². The van der Waals surface area contributed by atoms with E-state index in [0.717, 1.165) is 11.3 Å². The van der Waals surface area contributed by atoms with Gasteiger partial charge in [-0.2, -0.15) is 0 Å². The lowest BCUT2D eigenvalue weighted by molar-refractivity contribution is 0.102. The summed E-state index contributed by atoms with van der Waals surface area (Å²) >= 11 is 24.7. The molecule has 13 heteroatoms. The van der Waals surface area contributed by atoms with Crippen LogP contribution in [-0.2, 0) is 10.0 Å². The van der Waals surface area contributed by atoms with Gasteiger partial charge >= 0.3 is 0 Å². The zero-order chi connectivity index (χ0) is 20.5.